The highest BCUT2D eigenvalue weighted by Crippen LogP contribution is 2.17. The number of amides is 2. The van der Waals surface area contributed by atoms with Crippen molar-refractivity contribution in [2.24, 2.45) is 0 Å². The van der Waals surface area contributed by atoms with Gasteiger partial charge in [0.15, 0.2) is 0 Å². The van der Waals surface area contributed by atoms with E-state index in [0.717, 1.165) is 13.1 Å². The first kappa shape index (κ1) is 10.6. The lowest BCUT2D eigenvalue weighted by Crippen LogP contribution is -2.58. The molecule has 2 heterocycles. The van der Waals surface area contributed by atoms with Crippen LogP contribution in [0.3, 0.4) is 0 Å². The van der Waals surface area contributed by atoms with Crippen molar-refractivity contribution in [2.45, 2.75) is 38.4 Å². The van der Waals surface area contributed by atoms with Crippen LogP contribution in [-0.4, -0.2) is 47.9 Å². The summed E-state index contributed by atoms with van der Waals surface area (Å²) in [6.07, 6.45) is 0.315. The summed E-state index contributed by atoms with van der Waals surface area (Å²) < 4.78 is 0. The first-order valence-electron chi connectivity index (χ1n) is 5.40. The first-order chi connectivity index (χ1) is 7.08. The highest BCUT2D eigenvalue weighted by molar-refractivity contribution is 6.05. The summed E-state index contributed by atoms with van der Waals surface area (Å²) in [6, 6.07) is 0.435. The molecule has 3 unspecified atom stereocenters. The van der Waals surface area contributed by atoms with Crippen LogP contribution in [0.15, 0.2) is 0 Å². The van der Waals surface area contributed by atoms with Crippen LogP contribution < -0.4 is 10.6 Å². The van der Waals surface area contributed by atoms with Crippen molar-refractivity contribution in [1.82, 2.24) is 15.5 Å². The Labute approximate surface area is 89.2 Å². The lowest BCUT2D eigenvalue weighted by Gasteiger charge is -2.39. The lowest BCUT2D eigenvalue weighted by molar-refractivity contribution is -0.126. The van der Waals surface area contributed by atoms with Crippen molar-refractivity contribution in [3.63, 3.8) is 0 Å². The minimum atomic E-state index is -0.253. The maximum absolute atomic E-state index is 11.5. The Balaban J connectivity index is 2.08. The number of nitrogens with zero attached hydrogens (tertiary/aromatic N) is 1. The molecule has 0 saturated carbocycles. The third-order valence-electron chi connectivity index (χ3n) is 3.16. The second-order valence-corrected chi connectivity index (χ2v) is 4.49. The average Bonchev–Trinajstić information content (AvgIpc) is 2.50. The molecule has 2 rings (SSSR count). The van der Waals surface area contributed by atoms with Crippen LogP contribution in [0, 0.1) is 0 Å². The Kier molecular flexibility index (Phi) is 2.75. The fraction of sp³-hybridized carbons (Fsp3) is 0.800. The molecular weight excluding hydrogens is 194 g/mol. The number of rotatable bonds is 1. The molecule has 5 nitrogen and oxygen atoms in total. The highest BCUT2D eigenvalue weighted by atomic mass is 16.2. The Hall–Kier alpha value is -0.940. The summed E-state index contributed by atoms with van der Waals surface area (Å²) in [4.78, 5) is 24.8. The summed E-state index contributed by atoms with van der Waals surface area (Å²) in [5, 5.41) is 5.71. The fourth-order valence-corrected chi connectivity index (χ4v) is 2.29. The number of carbonyl (C=O) groups is 2. The van der Waals surface area contributed by atoms with E-state index in [9.17, 15) is 9.59 Å². The third kappa shape index (κ3) is 2.03. The standard InChI is InChI=1S/C10H17N3O2/c1-6-5-13(7(2)4-11-6)8-3-9(14)12-10(8)15/h6-8,11H,3-5H2,1-2H3,(H,12,14,15). The van der Waals surface area contributed by atoms with E-state index < -0.39 is 0 Å². The van der Waals surface area contributed by atoms with E-state index in [0.29, 0.717) is 18.5 Å². The quantitative estimate of drug-likeness (QED) is 0.551. The Bertz CT molecular complexity index is 292. The summed E-state index contributed by atoms with van der Waals surface area (Å²) in [7, 11) is 0. The van der Waals surface area contributed by atoms with E-state index in [1.807, 2.05) is 0 Å². The van der Waals surface area contributed by atoms with Gasteiger partial charge in [-0.05, 0) is 13.8 Å². The van der Waals surface area contributed by atoms with Crippen molar-refractivity contribution < 1.29 is 9.59 Å². The Morgan fingerprint density at radius 2 is 2.07 bits per heavy atom. The van der Waals surface area contributed by atoms with Crippen LogP contribution in [-0.2, 0) is 9.59 Å². The number of piperazine rings is 1. The van der Waals surface area contributed by atoms with E-state index in [1.54, 1.807) is 0 Å². The van der Waals surface area contributed by atoms with Gasteiger partial charge >= 0.3 is 0 Å². The van der Waals surface area contributed by atoms with Crippen molar-refractivity contribution in [3.05, 3.63) is 0 Å². The van der Waals surface area contributed by atoms with Gasteiger partial charge in [0.2, 0.25) is 11.8 Å². The van der Waals surface area contributed by atoms with Gasteiger partial charge in [0.05, 0.1) is 12.5 Å². The van der Waals surface area contributed by atoms with Gasteiger partial charge in [0.1, 0.15) is 0 Å². The molecule has 0 spiro atoms. The van der Waals surface area contributed by atoms with Crippen LogP contribution in [0.25, 0.3) is 0 Å². The number of hydrogen-bond donors (Lipinski definition) is 2. The second-order valence-electron chi connectivity index (χ2n) is 4.49. The molecule has 2 aliphatic rings. The van der Waals surface area contributed by atoms with Crippen LogP contribution in [0.5, 0.6) is 0 Å². The topological polar surface area (TPSA) is 61.4 Å². The van der Waals surface area contributed by atoms with Crippen molar-refractivity contribution in [1.29, 1.82) is 0 Å². The monoisotopic (exact) mass is 211 g/mol. The van der Waals surface area contributed by atoms with Crippen molar-refractivity contribution in [3.8, 4) is 0 Å². The van der Waals surface area contributed by atoms with Gasteiger partial charge in [-0.1, -0.05) is 0 Å². The average molecular weight is 211 g/mol. The predicted molar refractivity (Wildman–Crippen MR) is 55.2 cm³/mol. The molecule has 0 aromatic rings. The zero-order valence-corrected chi connectivity index (χ0v) is 9.12. The van der Waals surface area contributed by atoms with Gasteiger partial charge in [0.25, 0.3) is 0 Å². The summed E-state index contributed by atoms with van der Waals surface area (Å²) >= 11 is 0. The van der Waals surface area contributed by atoms with Gasteiger partial charge in [-0.2, -0.15) is 0 Å². The molecule has 15 heavy (non-hydrogen) atoms. The smallest absolute Gasteiger partial charge is 0.244 e. The normalized spacial score (nSPS) is 38.1. The van der Waals surface area contributed by atoms with Crippen LogP contribution in [0.1, 0.15) is 20.3 Å². The number of imide groups is 1. The molecule has 0 bridgehead atoms. The van der Waals surface area contributed by atoms with Gasteiger partial charge in [-0.25, -0.2) is 0 Å². The molecule has 2 fully saturated rings. The molecule has 0 aromatic heterocycles. The molecular formula is C10H17N3O2. The Morgan fingerprint density at radius 1 is 1.33 bits per heavy atom. The molecule has 0 aliphatic carbocycles. The maximum atomic E-state index is 11.5. The number of hydrogen-bond acceptors (Lipinski definition) is 4. The van der Waals surface area contributed by atoms with Gasteiger partial charge in [-0.15, -0.1) is 0 Å². The molecule has 0 radical (unpaired) electrons. The van der Waals surface area contributed by atoms with E-state index in [1.165, 1.54) is 0 Å². The Morgan fingerprint density at radius 3 is 2.67 bits per heavy atom. The molecule has 5 heteroatoms. The minimum absolute atomic E-state index is 0.138. The van der Waals surface area contributed by atoms with E-state index in [2.05, 4.69) is 29.4 Å². The molecule has 2 amide bonds. The minimum Gasteiger partial charge on any atom is -0.311 e. The van der Waals surface area contributed by atoms with E-state index in [4.69, 9.17) is 0 Å². The molecule has 0 aromatic carbocycles. The first-order valence-corrected chi connectivity index (χ1v) is 5.40. The van der Waals surface area contributed by atoms with Gasteiger partial charge < -0.3 is 5.32 Å². The molecule has 84 valence electrons. The van der Waals surface area contributed by atoms with E-state index >= 15 is 0 Å². The summed E-state index contributed by atoms with van der Waals surface area (Å²) in [5.74, 6) is -0.288. The second kappa shape index (κ2) is 3.90. The largest absolute Gasteiger partial charge is 0.311 e. The van der Waals surface area contributed by atoms with Crippen molar-refractivity contribution in [2.75, 3.05) is 13.1 Å². The number of carbonyl (C=O) groups excluding carboxylic acids is 2. The van der Waals surface area contributed by atoms with Crippen molar-refractivity contribution >= 4 is 11.8 Å². The van der Waals surface area contributed by atoms with Crippen LogP contribution in [0.4, 0.5) is 0 Å². The molecule has 2 saturated heterocycles. The van der Waals surface area contributed by atoms with Crippen LogP contribution in [0.2, 0.25) is 0 Å². The zero-order valence-electron chi connectivity index (χ0n) is 9.12. The van der Waals surface area contributed by atoms with E-state index in [-0.39, 0.29) is 17.9 Å². The molecule has 2 aliphatic heterocycles. The number of nitrogens with one attached hydrogen (secondary N) is 2. The fourth-order valence-electron chi connectivity index (χ4n) is 2.29. The molecule has 2 N–H and O–H groups in total. The molecule has 3 atom stereocenters. The predicted octanol–water partition coefficient (Wildman–Crippen LogP) is -0.916. The zero-order chi connectivity index (χ0) is 11.0. The van der Waals surface area contributed by atoms with Crippen LogP contribution >= 0.6 is 0 Å². The summed E-state index contributed by atoms with van der Waals surface area (Å²) in [5.41, 5.74) is 0. The van der Waals surface area contributed by atoms with Gasteiger partial charge in [0, 0.05) is 25.2 Å². The van der Waals surface area contributed by atoms with Gasteiger partial charge in [-0.3, -0.25) is 19.8 Å². The highest BCUT2D eigenvalue weighted by Gasteiger charge is 2.39. The maximum Gasteiger partial charge on any atom is 0.244 e. The third-order valence-corrected chi connectivity index (χ3v) is 3.16. The SMILES string of the molecule is CC1CN(C2CC(=O)NC2=O)C(C)CN1. The summed E-state index contributed by atoms with van der Waals surface area (Å²) in [6.45, 7) is 5.87. The lowest BCUT2D eigenvalue weighted by atomic mass is 10.1.